The third kappa shape index (κ3) is 4.28. The van der Waals surface area contributed by atoms with Crippen LogP contribution in [-0.2, 0) is 0 Å². The lowest BCUT2D eigenvalue weighted by Crippen LogP contribution is -1.71. The average molecular weight is 145 g/mol. The molecule has 0 saturated carbocycles. The molecule has 0 amide bonds. The fourth-order valence-electron chi connectivity index (χ4n) is 0.856. The molecule has 1 aliphatic carbocycles. The highest BCUT2D eigenvalue weighted by Crippen LogP contribution is 2.02. The van der Waals surface area contributed by atoms with Crippen LogP contribution in [0, 0.1) is 0 Å². The molecule has 0 aliphatic heterocycles. The summed E-state index contributed by atoms with van der Waals surface area (Å²) in [6, 6.07) is 0. The van der Waals surface area contributed by atoms with Gasteiger partial charge in [0.05, 0.1) is 0 Å². The molecule has 0 radical (unpaired) electrons. The van der Waals surface area contributed by atoms with Crippen LogP contribution in [0.3, 0.4) is 0 Å². The Labute approximate surface area is 63.1 Å². The van der Waals surface area contributed by atoms with Crippen LogP contribution in [0.1, 0.15) is 25.7 Å². The maximum Gasteiger partial charge on any atom is -0.0316 e. The highest BCUT2D eigenvalue weighted by Gasteiger charge is 1.81. The zero-order valence-electron chi connectivity index (χ0n) is 5.55. The first kappa shape index (κ1) is 8.77. The number of allylic oxidation sites excluding steroid dienone is 4. The normalized spacial score (nSPS) is 17.8. The van der Waals surface area contributed by atoms with E-state index in [1.54, 1.807) is 0 Å². The van der Waals surface area contributed by atoms with Crippen LogP contribution in [0.2, 0.25) is 0 Å². The maximum atomic E-state index is 2.27. The van der Waals surface area contributed by atoms with E-state index < -0.39 is 0 Å². The summed E-state index contributed by atoms with van der Waals surface area (Å²) in [5.74, 6) is 0. The van der Waals surface area contributed by atoms with Gasteiger partial charge in [0.25, 0.3) is 0 Å². The van der Waals surface area contributed by atoms with E-state index in [0.29, 0.717) is 0 Å². The van der Waals surface area contributed by atoms with E-state index in [1.165, 1.54) is 25.7 Å². The van der Waals surface area contributed by atoms with E-state index in [4.69, 9.17) is 0 Å². The quantitative estimate of drug-likeness (QED) is 0.459. The van der Waals surface area contributed by atoms with Gasteiger partial charge in [0, 0.05) is 0 Å². The molecule has 0 spiro atoms. The van der Waals surface area contributed by atoms with Crippen molar-refractivity contribution in [3.05, 3.63) is 24.3 Å². The molecule has 0 heterocycles. The largest absolute Gasteiger partial charge is 0.147 e. The Balaban J connectivity index is 0.000000640. The second-order valence-electron chi connectivity index (χ2n) is 2.10. The van der Waals surface area contributed by atoms with Crippen molar-refractivity contribution in [1.82, 2.24) is 0 Å². The third-order valence-electron chi connectivity index (χ3n) is 1.33. The first-order valence-electron chi connectivity index (χ1n) is 3.30. The smallest absolute Gasteiger partial charge is 0.0316 e. The predicted octanol–water partition coefficient (Wildman–Crippen LogP) is 3.09. The predicted molar refractivity (Wildman–Crippen MR) is 44.0 cm³/mol. The Bertz CT molecular complexity index is 77.1. The van der Waals surface area contributed by atoms with Gasteiger partial charge in [-0.1, -0.05) is 24.3 Å². The van der Waals surface area contributed by atoms with Crippen molar-refractivity contribution in [3.8, 4) is 0 Å². The minimum atomic E-state index is 0. The van der Waals surface area contributed by atoms with Crippen LogP contribution >= 0.6 is 12.4 Å². The van der Waals surface area contributed by atoms with Crippen molar-refractivity contribution in [2.24, 2.45) is 0 Å². The lowest BCUT2D eigenvalue weighted by Gasteiger charge is -1.92. The number of hydrogen-bond donors (Lipinski definition) is 0. The monoisotopic (exact) mass is 144 g/mol. The van der Waals surface area contributed by atoms with E-state index in [-0.39, 0.29) is 12.4 Å². The summed E-state index contributed by atoms with van der Waals surface area (Å²) < 4.78 is 0. The van der Waals surface area contributed by atoms with Crippen molar-refractivity contribution < 1.29 is 0 Å². The highest BCUT2D eigenvalue weighted by atomic mass is 35.5. The maximum absolute atomic E-state index is 2.27. The molecule has 0 N–H and O–H groups in total. The van der Waals surface area contributed by atoms with Gasteiger partial charge in [-0.2, -0.15) is 0 Å². The van der Waals surface area contributed by atoms with Gasteiger partial charge in [-0.15, -0.1) is 12.4 Å². The zero-order valence-corrected chi connectivity index (χ0v) is 6.36. The Morgan fingerprint density at radius 1 is 0.556 bits per heavy atom. The van der Waals surface area contributed by atoms with E-state index in [2.05, 4.69) is 24.3 Å². The van der Waals surface area contributed by atoms with Crippen LogP contribution < -0.4 is 0 Å². The van der Waals surface area contributed by atoms with Gasteiger partial charge in [-0.3, -0.25) is 0 Å². The van der Waals surface area contributed by atoms with Gasteiger partial charge < -0.3 is 0 Å². The minimum Gasteiger partial charge on any atom is -0.147 e. The van der Waals surface area contributed by atoms with Crippen LogP contribution in [0.25, 0.3) is 0 Å². The first-order valence-corrected chi connectivity index (χ1v) is 3.30. The Morgan fingerprint density at radius 3 is 1.00 bits per heavy atom. The molecular weight excluding hydrogens is 132 g/mol. The summed E-state index contributed by atoms with van der Waals surface area (Å²) in [6.45, 7) is 0. The summed E-state index contributed by atoms with van der Waals surface area (Å²) in [4.78, 5) is 0. The molecule has 0 unspecified atom stereocenters. The lowest BCUT2D eigenvalue weighted by molar-refractivity contribution is 0.962. The summed E-state index contributed by atoms with van der Waals surface area (Å²) >= 11 is 0. The molecule has 1 rings (SSSR count). The summed E-state index contributed by atoms with van der Waals surface area (Å²) in [6.07, 6.45) is 14.0. The van der Waals surface area contributed by atoms with Gasteiger partial charge in [0.15, 0.2) is 0 Å². The molecular formula is C8H13Cl. The third-order valence-corrected chi connectivity index (χ3v) is 1.33. The van der Waals surface area contributed by atoms with Gasteiger partial charge in [-0.05, 0) is 25.7 Å². The minimum absolute atomic E-state index is 0. The lowest BCUT2D eigenvalue weighted by atomic mass is 10.1. The topological polar surface area (TPSA) is 0 Å². The van der Waals surface area contributed by atoms with Crippen molar-refractivity contribution in [2.45, 2.75) is 25.7 Å². The number of hydrogen-bond acceptors (Lipinski definition) is 0. The summed E-state index contributed by atoms with van der Waals surface area (Å²) in [5.41, 5.74) is 0. The van der Waals surface area contributed by atoms with Crippen LogP contribution in [0.5, 0.6) is 0 Å². The van der Waals surface area contributed by atoms with E-state index in [0.717, 1.165) is 0 Å². The zero-order chi connectivity index (χ0) is 5.66. The molecule has 0 atom stereocenters. The van der Waals surface area contributed by atoms with Crippen LogP contribution in [-0.4, -0.2) is 0 Å². The average Bonchev–Trinajstić information content (AvgIpc) is 1.62. The molecule has 52 valence electrons. The number of rotatable bonds is 0. The highest BCUT2D eigenvalue weighted by molar-refractivity contribution is 5.85. The second-order valence-corrected chi connectivity index (χ2v) is 2.10. The summed E-state index contributed by atoms with van der Waals surface area (Å²) in [5, 5.41) is 0. The van der Waals surface area contributed by atoms with Gasteiger partial charge in [0.1, 0.15) is 0 Å². The molecule has 1 heteroatoms. The second kappa shape index (κ2) is 5.90. The first-order chi connectivity index (χ1) is 4.00. The Hall–Kier alpha value is -0.230. The van der Waals surface area contributed by atoms with Crippen molar-refractivity contribution in [3.63, 3.8) is 0 Å². The molecule has 0 bridgehead atoms. The van der Waals surface area contributed by atoms with E-state index >= 15 is 0 Å². The molecule has 0 aromatic rings. The fourth-order valence-corrected chi connectivity index (χ4v) is 0.856. The molecule has 0 nitrogen and oxygen atoms in total. The van der Waals surface area contributed by atoms with Crippen molar-refractivity contribution in [2.75, 3.05) is 0 Å². The Kier molecular flexibility index (Phi) is 5.75. The molecule has 0 aromatic carbocycles. The SMILES string of the molecule is C1=CCCC=CCC1.Cl. The molecule has 1 aliphatic rings. The number of halogens is 1. The molecule has 0 saturated heterocycles. The van der Waals surface area contributed by atoms with Gasteiger partial charge >= 0.3 is 0 Å². The van der Waals surface area contributed by atoms with Crippen molar-refractivity contribution in [1.29, 1.82) is 0 Å². The van der Waals surface area contributed by atoms with Crippen LogP contribution in [0.4, 0.5) is 0 Å². The fraction of sp³-hybridized carbons (Fsp3) is 0.500. The Morgan fingerprint density at radius 2 is 0.778 bits per heavy atom. The van der Waals surface area contributed by atoms with E-state index in [1.807, 2.05) is 0 Å². The van der Waals surface area contributed by atoms with Gasteiger partial charge in [-0.25, -0.2) is 0 Å². The molecule has 9 heavy (non-hydrogen) atoms. The van der Waals surface area contributed by atoms with Crippen LogP contribution in [0.15, 0.2) is 24.3 Å². The van der Waals surface area contributed by atoms with Gasteiger partial charge in [0.2, 0.25) is 0 Å². The van der Waals surface area contributed by atoms with E-state index in [9.17, 15) is 0 Å². The molecule has 0 fully saturated rings. The molecule has 0 aromatic heterocycles. The standard InChI is InChI=1S/C8H12.ClH/c1-2-4-6-8-7-5-3-1;/h1-2,7-8H,3-6H2;1H. The van der Waals surface area contributed by atoms with Crippen molar-refractivity contribution >= 4 is 12.4 Å². The summed E-state index contributed by atoms with van der Waals surface area (Å²) in [7, 11) is 0.